The van der Waals surface area contributed by atoms with Gasteiger partial charge in [-0.25, -0.2) is 4.98 Å². The van der Waals surface area contributed by atoms with Gasteiger partial charge in [-0.2, -0.15) is 0 Å². The summed E-state index contributed by atoms with van der Waals surface area (Å²) in [6, 6.07) is 3.15. The molecule has 2 rings (SSSR count). The Labute approximate surface area is 117 Å². The molecule has 1 aliphatic rings. The van der Waals surface area contributed by atoms with Crippen molar-refractivity contribution in [3.63, 3.8) is 0 Å². The Morgan fingerprint density at radius 2 is 2.40 bits per heavy atom. The summed E-state index contributed by atoms with van der Waals surface area (Å²) < 4.78 is 0. The molecule has 1 atom stereocenters. The van der Waals surface area contributed by atoms with Crippen LogP contribution in [0, 0.1) is 16.0 Å². The Balaban J connectivity index is 1.97. The van der Waals surface area contributed by atoms with E-state index in [9.17, 15) is 14.9 Å². The van der Waals surface area contributed by atoms with Gasteiger partial charge in [-0.1, -0.05) is 0 Å². The zero-order valence-electron chi connectivity index (χ0n) is 11.4. The molecule has 7 nitrogen and oxygen atoms in total. The monoisotopic (exact) mass is 278 g/mol. The van der Waals surface area contributed by atoms with Crippen LogP contribution in [0.15, 0.2) is 18.3 Å². The van der Waals surface area contributed by atoms with Crippen LogP contribution in [0.5, 0.6) is 0 Å². The van der Waals surface area contributed by atoms with Crippen molar-refractivity contribution in [2.45, 2.75) is 19.8 Å². The van der Waals surface area contributed by atoms with E-state index in [2.05, 4.69) is 15.2 Å². The highest BCUT2D eigenvalue weighted by molar-refractivity contribution is 5.72. The molecule has 0 saturated carbocycles. The molecule has 1 saturated heterocycles. The molecule has 0 spiro atoms. The number of anilines is 1. The number of pyridine rings is 1. The lowest BCUT2D eigenvalue weighted by atomic mass is 9.98. The first kappa shape index (κ1) is 14.2. The van der Waals surface area contributed by atoms with Gasteiger partial charge in [0.15, 0.2) is 0 Å². The van der Waals surface area contributed by atoms with Gasteiger partial charge in [-0.3, -0.25) is 14.9 Å². The molecule has 1 N–H and O–H groups in total. The van der Waals surface area contributed by atoms with Crippen molar-refractivity contribution >= 4 is 17.4 Å². The lowest BCUT2D eigenvalue weighted by molar-refractivity contribution is -0.385. The first-order valence-electron chi connectivity index (χ1n) is 6.66. The van der Waals surface area contributed by atoms with Crippen LogP contribution in [0.25, 0.3) is 0 Å². The molecular weight excluding hydrogens is 260 g/mol. The first-order chi connectivity index (χ1) is 9.56. The van der Waals surface area contributed by atoms with Crippen LogP contribution >= 0.6 is 0 Å². The second-order valence-corrected chi connectivity index (χ2v) is 5.02. The minimum atomic E-state index is -0.452. The van der Waals surface area contributed by atoms with E-state index in [1.807, 2.05) is 0 Å². The van der Waals surface area contributed by atoms with Gasteiger partial charge in [0.2, 0.25) is 5.91 Å². The maximum atomic E-state index is 10.9. The summed E-state index contributed by atoms with van der Waals surface area (Å²) in [5.74, 6) is 1.13. The third-order valence-electron chi connectivity index (χ3n) is 3.43. The van der Waals surface area contributed by atoms with Gasteiger partial charge in [0.25, 0.3) is 5.69 Å². The molecule has 1 amide bonds. The van der Waals surface area contributed by atoms with Crippen LogP contribution in [-0.2, 0) is 4.79 Å². The standard InChI is InChI=1S/C13H18N4O3/c1-10(18)14-7-11-3-2-6-16(9-11)13-5-4-12(8-15-13)17(19)20/h4-5,8,11H,2-3,6-7,9H2,1H3,(H,14,18). The Kier molecular flexibility index (Phi) is 4.49. The number of amides is 1. The average Bonchev–Trinajstić information content (AvgIpc) is 2.45. The van der Waals surface area contributed by atoms with Crippen LogP contribution in [0.3, 0.4) is 0 Å². The van der Waals surface area contributed by atoms with Crippen molar-refractivity contribution in [2.24, 2.45) is 5.92 Å². The topological polar surface area (TPSA) is 88.4 Å². The van der Waals surface area contributed by atoms with E-state index in [1.54, 1.807) is 6.07 Å². The number of carbonyl (C=O) groups is 1. The van der Waals surface area contributed by atoms with Crippen LogP contribution in [-0.4, -0.2) is 35.4 Å². The summed E-state index contributed by atoms with van der Waals surface area (Å²) in [4.78, 5) is 27.3. The Morgan fingerprint density at radius 1 is 1.60 bits per heavy atom. The fourth-order valence-corrected chi connectivity index (χ4v) is 2.40. The molecule has 1 aliphatic heterocycles. The highest BCUT2D eigenvalue weighted by Crippen LogP contribution is 2.22. The number of hydrogen-bond acceptors (Lipinski definition) is 5. The fourth-order valence-electron chi connectivity index (χ4n) is 2.40. The number of nitrogens with zero attached hydrogens (tertiary/aromatic N) is 3. The largest absolute Gasteiger partial charge is 0.356 e. The highest BCUT2D eigenvalue weighted by atomic mass is 16.6. The first-order valence-corrected chi connectivity index (χ1v) is 6.66. The quantitative estimate of drug-likeness (QED) is 0.663. The molecule has 108 valence electrons. The second-order valence-electron chi connectivity index (χ2n) is 5.02. The maximum Gasteiger partial charge on any atom is 0.287 e. The van der Waals surface area contributed by atoms with Crippen molar-refractivity contribution in [1.29, 1.82) is 0 Å². The lowest BCUT2D eigenvalue weighted by Gasteiger charge is -2.33. The molecule has 1 unspecified atom stereocenters. The van der Waals surface area contributed by atoms with E-state index in [4.69, 9.17) is 0 Å². The van der Waals surface area contributed by atoms with E-state index >= 15 is 0 Å². The summed E-state index contributed by atoms with van der Waals surface area (Å²) in [5, 5.41) is 13.4. The normalized spacial score (nSPS) is 18.6. The molecule has 0 aliphatic carbocycles. The van der Waals surface area contributed by atoms with Crippen molar-refractivity contribution in [1.82, 2.24) is 10.3 Å². The number of piperidine rings is 1. The minimum Gasteiger partial charge on any atom is -0.356 e. The number of hydrogen-bond donors (Lipinski definition) is 1. The van der Waals surface area contributed by atoms with Crippen LogP contribution < -0.4 is 10.2 Å². The molecule has 0 aromatic carbocycles. The summed E-state index contributed by atoms with van der Waals surface area (Å²) in [6.07, 6.45) is 3.39. The van der Waals surface area contributed by atoms with Gasteiger partial charge in [0.1, 0.15) is 12.0 Å². The summed E-state index contributed by atoms with van der Waals surface area (Å²) in [5.41, 5.74) is 0.000515. The highest BCUT2D eigenvalue weighted by Gasteiger charge is 2.21. The van der Waals surface area contributed by atoms with E-state index in [1.165, 1.54) is 19.2 Å². The van der Waals surface area contributed by atoms with Crippen LogP contribution in [0.2, 0.25) is 0 Å². The van der Waals surface area contributed by atoms with Crippen molar-refractivity contribution in [2.75, 3.05) is 24.5 Å². The molecule has 1 aromatic rings. The Hall–Kier alpha value is -2.18. The van der Waals surface area contributed by atoms with Gasteiger partial charge >= 0.3 is 0 Å². The third-order valence-corrected chi connectivity index (χ3v) is 3.43. The van der Waals surface area contributed by atoms with E-state index in [-0.39, 0.29) is 11.6 Å². The van der Waals surface area contributed by atoms with Gasteiger partial charge in [-0.05, 0) is 24.8 Å². The van der Waals surface area contributed by atoms with Crippen molar-refractivity contribution < 1.29 is 9.72 Å². The zero-order chi connectivity index (χ0) is 14.5. The second kappa shape index (κ2) is 6.31. The number of aromatic nitrogens is 1. The minimum absolute atomic E-state index is 0.000515. The smallest absolute Gasteiger partial charge is 0.287 e. The SMILES string of the molecule is CC(=O)NCC1CCCN(c2ccc([N+](=O)[O-])cn2)C1. The zero-order valence-corrected chi connectivity index (χ0v) is 11.4. The number of rotatable bonds is 4. The molecule has 2 heterocycles. The summed E-state index contributed by atoms with van der Waals surface area (Å²) >= 11 is 0. The Morgan fingerprint density at radius 3 is 3.00 bits per heavy atom. The van der Waals surface area contributed by atoms with Gasteiger partial charge in [0, 0.05) is 32.6 Å². The fraction of sp³-hybridized carbons (Fsp3) is 0.538. The van der Waals surface area contributed by atoms with E-state index < -0.39 is 4.92 Å². The third kappa shape index (κ3) is 3.66. The summed E-state index contributed by atoms with van der Waals surface area (Å²) in [6.45, 7) is 3.88. The van der Waals surface area contributed by atoms with Crippen molar-refractivity contribution in [3.8, 4) is 0 Å². The molecule has 1 fully saturated rings. The molecule has 20 heavy (non-hydrogen) atoms. The lowest BCUT2D eigenvalue weighted by Crippen LogP contribution is -2.40. The maximum absolute atomic E-state index is 10.9. The summed E-state index contributed by atoms with van der Waals surface area (Å²) in [7, 11) is 0. The van der Waals surface area contributed by atoms with Crippen molar-refractivity contribution in [3.05, 3.63) is 28.4 Å². The van der Waals surface area contributed by atoms with Crippen LogP contribution in [0.1, 0.15) is 19.8 Å². The Bertz CT molecular complexity index is 489. The molecule has 1 aromatic heterocycles. The molecule has 0 radical (unpaired) electrons. The molecular formula is C13H18N4O3. The van der Waals surface area contributed by atoms with Gasteiger partial charge in [-0.15, -0.1) is 0 Å². The number of nitro groups is 1. The van der Waals surface area contributed by atoms with Crippen LogP contribution in [0.4, 0.5) is 11.5 Å². The van der Waals surface area contributed by atoms with Gasteiger partial charge in [0.05, 0.1) is 4.92 Å². The predicted molar refractivity (Wildman–Crippen MR) is 74.5 cm³/mol. The predicted octanol–water partition coefficient (Wildman–Crippen LogP) is 1.34. The van der Waals surface area contributed by atoms with E-state index in [0.717, 1.165) is 31.7 Å². The number of nitrogens with one attached hydrogen (secondary N) is 1. The average molecular weight is 278 g/mol. The molecule has 7 heteroatoms. The van der Waals surface area contributed by atoms with Gasteiger partial charge < -0.3 is 10.2 Å². The molecule has 0 bridgehead atoms. The van der Waals surface area contributed by atoms with E-state index in [0.29, 0.717) is 12.5 Å². The number of carbonyl (C=O) groups excluding carboxylic acids is 1.